The van der Waals surface area contributed by atoms with E-state index >= 15 is 0 Å². The van der Waals surface area contributed by atoms with Crippen molar-refractivity contribution in [3.8, 4) is 0 Å². The lowest BCUT2D eigenvalue weighted by molar-refractivity contribution is -0.131. The monoisotopic (exact) mass is 215 g/mol. The molecule has 0 aromatic heterocycles. The van der Waals surface area contributed by atoms with E-state index in [1.54, 1.807) is 0 Å². The minimum atomic E-state index is -1.25. The number of nitrogens with one attached hydrogen (secondary N) is 2. The van der Waals surface area contributed by atoms with Crippen LogP contribution in [-0.2, 0) is 9.59 Å². The molecule has 1 aliphatic rings. The molecule has 1 saturated heterocycles. The summed E-state index contributed by atoms with van der Waals surface area (Å²) in [7, 11) is 1.43. The maximum absolute atomic E-state index is 11.2. The van der Waals surface area contributed by atoms with E-state index in [4.69, 9.17) is 5.73 Å². The molecule has 86 valence electrons. The Morgan fingerprint density at radius 2 is 2.47 bits per heavy atom. The van der Waals surface area contributed by atoms with Crippen molar-refractivity contribution in [2.24, 2.45) is 11.7 Å². The molecule has 1 aliphatic heterocycles. The van der Waals surface area contributed by atoms with Crippen LogP contribution in [0, 0.1) is 5.92 Å². The molecule has 0 aromatic rings. The summed E-state index contributed by atoms with van der Waals surface area (Å²) < 4.78 is 0. The molecule has 2 amide bonds. The van der Waals surface area contributed by atoms with Crippen LogP contribution in [-0.4, -0.2) is 42.7 Å². The molecule has 0 saturated carbocycles. The van der Waals surface area contributed by atoms with Gasteiger partial charge in [0.1, 0.15) is 6.10 Å². The van der Waals surface area contributed by atoms with Crippen LogP contribution >= 0.6 is 0 Å². The number of amides is 2. The first-order chi connectivity index (χ1) is 7.06. The lowest BCUT2D eigenvalue weighted by Crippen LogP contribution is -2.46. The molecule has 0 radical (unpaired) electrons. The predicted molar refractivity (Wildman–Crippen MR) is 53.8 cm³/mol. The lowest BCUT2D eigenvalue weighted by atomic mass is 9.95. The smallest absolute Gasteiger partial charge is 0.250 e. The first-order valence-electron chi connectivity index (χ1n) is 4.99. The van der Waals surface area contributed by atoms with E-state index in [9.17, 15) is 14.7 Å². The van der Waals surface area contributed by atoms with E-state index in [0.717, 1.165) is 0 Å². The van der Waals surface area contributed by atoms with Gasteiger partial charge in [0.05, 0.1) is 0 Å². The Labute approximate surface area is 88.2 Å². The Balaban J connectivity index is 2.43. The summed E-state index contributed by atoms with van der Waals surface area (Å²) in [6.45, 7) is 0.645. The van der Waals surface area contributed by atoms with Gasteiger partial charge in [-0.15, -0.1) is 0 Å². The van der Waals surface area contributed by atoms with Crippen molar-refractivity contribution in [3.05, 3.63) is 0 Å². The quantitative estimate of drug-likeness (QED) is 0.433. The molecule has 6 nitrogen and oxygen atoms in total. The second kappa shape index (κ2) is 5.09. The molecule has 6 heteroatoms. The summed E-state index contributed by atoms with van der Waals surface area (Å²) >= 11 is 0. The standard InChI is InChI=1S/C9H17N3O3/c1-11-9(15)7(13)6(10)4-5-2-3-12-8(5)14/h5-7,13H,2-4,10H2,1H3,(H,11,15)(H,12,14)/t5-,6?,7?/m0/s1. The molecule has 1 rings (SSSR count). The summed E-state index contributed by atoms with van der Waals surface area (Å²) in [6.07, 6.45) is -0.198. The van der Waals surface area contributed by atoms with Crippen molar-refractivity contribution < 1.29 is 14.7 Å². The third kappa shape index (κ3) is 2.90. The molecule has 1 heterocycles. The van der Waals surface area contributed by atoms with Gasteiger partial charge in [0, 0.05) is 25.6 Å². The highest BCUT2D eigenvalue weighted by Gasteiger charge is 2.30. The second-order valence-electron chi connectivity index (χ2n) is 3.74. The molecule has 0 aromatic carbocycles. The van der Waals surface area contributed by atoms with Gasteiger partial charge in [0.2, 0.25) is 11.8 Å². The predicted octanol–water partition coefficient (Wildman–Crippen LogP) is -2.05. The van der Waals surface area contributed by atoms with E-state index in [-0.39, 0.29) is 11.8 Å². The third-order valence-corrected chi connectivity index (χ3v) is 2.64. The number of likely N-dealkylation sites (N-methyl/N-ethyl adjacent to an activating group) is 1. The molecule has 2 unspecified atom stereocenters. The van der Waals surface area contributed by atoms with E-state index < -0.39 is 18.1 Å². The van der Waals surface area contributed by atoms with Crippen molar-refractivity contribution in [1.29, 1.82) is 0 Å². The van der Waals surface area contributed by atoms with Crippen molar-refractivity contribution in [3.63, 3.8) is 0 Å². The molecule has 0 aliphatic carbocycles. The number of nitrogens with two attached hydrogens (primary N) is 1. The number of hydrogen-bond acceptors (Lipinski definition) is 4. The van der Waals surface area contributed by atoms with Crippen LogP contribution in [0.2, 0.25) is 0 Å². The van der Waals surface area contributed by atoms with Gasteiger partial charge in [-0.1, -0.05) is 0 Å². The van der Waals surface area contributed by atoms with Gasteiger partial charge >= 0.3 is 0 Å². The van der Waals surface area contributed by atoms with Crippen LogP contribution in [0.15, 0.2) is 0 Å². The fourth-order valence-corrected chi connectivity index (χ4v) is 1.67. The van der Waals surface area contributed by atoms with Crippen molar-refractivity contribution in [1.82, 2.24) is 10.6 Å². The second-order valence-corrected chi connectivity index (χ2v) is 3.74. The first kappa shape index (κ1) is 11.9. The van der Waals surface area contributed by atoms with E-state index in [2.05, 4.69) is 10.6 Å². The van der Waals surface area contributed by atoms with Crippen molar-refractivity contribution >= 4 is 11.8 Å². The average Bonchev–Trinajstić information content (AvgIpc) is 2.62. The van der Waals surface area contributed by atoms with Crippen LogP contribution in [0.4, 0.5) is 0 Å². The van der Waals surface area contributed by atoms with Gasteiger partial charge in [-0.3, -0.25) is 9.59 Å². The number of rotatable bonds is 4. The first-order valence-corrected chi connectivity index (χ1v) is 4.99. The van der Waals surface area contributed by atoms with Gasteiger partial charge in [0.25, 0.3) is 0 Å². The minimum absolute atomic E-state index is 0.0467. The van der Waals surface area contributed by atoms with Crippen LogP contribution in [0.1, 0.15) is 12.8 Å². The zero-order valence-corrected chi connectivity index (χ0v) is 8.69. The maximum atomic E-state index is 11.2. The summed E-state index contributed by atoms with van der Waals surface area (Å²) in [5.74, 6) is -0.741. The zero-order valence-electron chi connectivity index (χ0n) is 8.69. The highest BCUT2D eigenvalue weighted by atomic mass is 16.3. The molecule has 15 heavy (non-hydrogen) atoms. The van der Waals surface area contributed by atoms with Gasteiger partial charge in [0.15, 0.2) is 0 Å². The summed E-state index contributed by atoms with van der Waals surface area (Å²) in [6, 6.07) is -0.696. The Bertz CT molecular complexity index is 257. The van der Waals surface area contributed by atoms with Crippen LogP contribution in [0.5, 0.6) is 0 Å². The maximum Gasteiger partial charge on any atom is 0.250 e. The summed E-state index contributed by atoms with van der Waals surface area (Å²) in [4.78, 5) is 22.3. The van der Waals surface area contributed by atoms with Crippen molar-refractivity contribution in [2.75, 3.05) is 13.6 Å². The number of hydrogen-bond donors (Lipinski definition) is 4. The van der Waals surface area contributed by atoms with E-state index in [1.807, 2.05) is 0 Å². The van der Waals surface area contributed by atoms with Gasteiger partial charge in [-0.25, -0.2) is 0 Å². The highest BCUT2D eigenvalue weighted by molar-refractivity contribution is 5.82. The average molecular weight is 215 g/mol. The van der Waals surface area contributed by atoms with E-state index in [0.29, 0.717) is 19.4 Å². The largest absolute Gasteiger partial charge is 0.382 e. The normalized spacial score (nSPS) is 24.5. The molecule has 0 bridgehead atoms. The number of aliphatic hydroxyl groups is 1. The summed E-state index contributed by atoms with van der Waals surface area (Å²) in [5, 5.41) is 14.5. The highest BCUT2D eigenvalue weighted by Crippen LogP contribution is 2.16. The molecule has 5 N–H and O–H groups in total. The topological polar surface area (TPSA) is 104 Å². The Morgan fingerprint density at radius 3 is 2.93 bits per heavy atom. The lowest BCUT2D eigenvalue weighted by Gasteiger charge is -2.19. The number of carbonyl (C=O) groups is 2. The van der Waals surface area contributed by atoms with Gasteiger partial charge in [-0.05, 0) is 12.8 Å². The Morgan fingerprint density at radius 1 is 1.80 bits per heavy atom. The van der Waals surface area contributed by atoms with Gasteiger partial charge in [-0.2, -0.15) is 0 Å². The fourth-order valence-electron chi connectivity index (χ4n) is 1.67. The molecular formula is C9H17N3O3. The molecule has 0 spiro atoms. The molecule has 3 atom stereocenters. The van der Waals surface area contributed by atoms with Crippen molar-refractivity contribution in [2.45, 2.75) is 25.0 Å². The summed E-state index contributed by atoms with van der Waals surface area (Å²) in [5.41, 5.74) is 5.64. The SMILES string of the molecule is CNC(=O)C(O)C(N)C[C@@H]1CCNC1=O. The van der Waals surface area contributed by atoms with Crippen LogP contribution in [0.25, 0.3) is 0 Å². The fraction of sp³-hybridized carbons (Fsp3) is 0.778. The van der Waals surface area contributed by atoms with Crippen LogP contribution in [0.3, 0.4) is 0 Å². The minimum Gasteiger partial charge on any atom is -0.382 e. The number of carbonyl (C=O) groups excluding carboxylic acids is 2. The third-order valence-electron chi connectivity index (χ3n) is 2.64. The van der Waals surface area contributed by atoms with Gasteiger partial charge < -0.3 is 21.5 Å². The molecular weight excluding hydrogens is 198 g/mol. The number of aliphatic hydroxyl groups excluding tert-OH is 1. The Hall–Kier alpha value is -1.14. The van der Waals surface area contributed by atoms with E-state index in [1.165, 1.54) is 7.05 Å². The Kier molecular flexibility index (Phi) is 4.05. The van der Waals surface area contributed by atoms with Crippen LogP contribution < -0.4 is 16.4 Å². The molecule has 1 fully saturated rings. The zero-order chi connectivity index (χ0) is 11.4.